The van der Waals surface area contributed by atoms with E-state index in [4.69, 9.17) is 5.73 Å². The minimum absolute atomic E-state index is 0.141. The topological polar surface area (TPSA) is 83.8 Å². The van der Waals surface area contributed by atoms with Gasteiger partial charge < -0.3 is 16.0 Å². The van der Waals surface area contributed by atoms with Crippen LogP contribution in [-0.4, -0.2) is 29.0 Å². The summed E-state index contributed by atoms with van der Waals surface area (Å²) < 4.78 is 0. The van der Waals surface area contributed by atoms with Crippen LogP contribution in [0.2, 0.25) is 0 Å². The predicted octanol–water partition coefficient (Wildman–Crippen LogP) is 0.978. The molecule has 4 N–H and O–H groups in total. The van der Waals surface area contributed by atoms with Gasteiger partial charge in [-0.15, -0.1) is 0 Å². The van der Waals surface area contributed by atoms with Crippen LogP contribution in [0.3, 0.4) is 0 Å². The van der Waals surface area contributed by atoms with E-state index in [1.54, 1.807) is 6.20 Å². The second kappa shape index (κ2) is 6.00. The van der Waals surface area contributed by atoms with E-state index in [1.165, 1.54) is 0 Å². The van der Waals surface area contributed by atoms with Gasteiger partial charge in [0.1, 0.15) is 5.82 Å². The normalized spacial score (nSPS) is 17.8. The van der Waals surface area contributed by atoms with Crippen LogP contribution in [0.4, 0.5) is 0 Å². The lowest BCUT2D eigenvalue weighted by Gasteiger charge is -2.25. The summed E-state index contributed by atoms with van der Waals surface area (Å²) >= 11 is 0. The number of nitrogens with zero attached hydrogens (tertiary/aromatic N) is 1. The molecule has 0 unspecified atom stereocenters. The number of aromatic nitrogens is 2. The zero-order valence-corrected chi connectivity index (χ0v) is 10.7. The van der Waals surface area contributed by atoms with Crippen molar-refractivity contribution < 1.29 is 4.79 Å². The van der Waals surface area contributed by atoms with Gasteiger partial charge >= 0.3 is 0 Å². The van der Waals surface area contributed by atoms with Crippen molar-refractivity contribution in [1.82, 2.24) is 15.3 Å². The molecule has 0 saturated heterocycles. The number of carbonyl (C=O) groups is 1. The molecule has 0 aromatic carbocycles. The molecule has 100 valence electrons. The molecule has 5 nitrogen and oxygen atoms in total. The van der Waals surface area contributed by atoms with E-state index in [9.17, 15) is 4.79 Å². The molecule has 0 spiro atoms. The Hall–Kier alpha value is -1.36. The quantitative estimate of drug-likeness (QED) is 0.658. The van der Waals surface area contributed by atoms with Crippen molar-refractivity contribution in [3.05, 3.63) is 18.2 Å². The molecule has 0 radical (unpaired) electrons. The highest BCUT2D eigenvalue weighted by molar-refractivity contribution is 5.83. The van der Waals surface area contributed by atoms with Crippen LogP contribution in [0, 0.1) is 5.41 Å². The lowest BCUT2D eigenvalue weighted by Crippen LogP contribution is -2.44. The SMILES string of the molecule is NCC1(C(=O)NCCCc2ncc[nH]2)CCCC1. The van der Waals surface area contributed by atoms with Crippen molar-refractivity contribution in [2.45, 2.75) is 38.5 Å². The zero-order valence-electron chi connectivity index (χ0n) is 10.7. The third-order valence-corrected chi connectivity index (χ3v) is 3.86. The van der Waals surface area contributed by atoms with E-state index in [-0.39, 0.29) is 11.3 Å². The maximum atomic E-state index is 12.1. The van der Waals surface area contributed by atoms with Gasteiger partial charge in [0.25, 0.3) is 0 Å². The van der Waals surface area contributed by atoms with Crippen LogP contribution >= 0.6 is 0 Å². The first-order valence-electron chi connectivity index (χ1n) is 6.73. The smallest absolute Gasteiger partial charge is 0.227 e. The lowest BCUT2D eigenvalue weighted by molar-refractivity contribution is -0.130. The number of nitrogens with two attached hydrogens (primary N) is 1. The summed E-state index contributed by atoms with van der Waals surface area (Å²) in [7, 11) is 0. The summed E-state index contributed by atoms with van der Waals surface area (Å²) in [6, 6.07) is 0. The van der Waals surface area contributed by atoms with Crippen molar-refractivity contribution in [3.63, 3.8) is 0 Å². The van der Waals surface area contributed by atoms with E-state index < -0.39 is 0 Å². The predicted molar refractivity (Wildman–Crippen MR) is 69.9 cm³/mol. The Bertz CT molecular complexity index is 368. The molecule has 5 heteroatoms. The fourth-order valence-electron chi connectivity index (χ4n) is 2.66. The van der Waals surface area contributed by atoms with E-state index in [2.05, 4.69) is 15.3 Å². The molecule has 2 rings (SSSR count). The number of aromatic amines is 1. The Balaban J connectivity index is 1.71. The molecule has 1 amide bonds. The Morgan fingerprint density at radius 3 is 2.89 bits per heavy atom. The van der Waals surface area contributed by atoms with Crippen LogP contribution in [0.15, 0.2) is 12.4 Å². The van der Waals surface area contributed by atoms with Crippen LogP contribution in [-0.2, 0) is 11.2 Å². The highest BCUT2D eigenvalue weighted by Crippen LogP contribution is 2.37. The number of H-pyrrole nitrogens is 1. The van der Waals surface area contributed by atoms with Crippen LogP contribution < -0.4 is 11.1 Å². The fourth-order valence-corrected chi connectivity index (χ4v) is 2.66. The molecule has 1 fully saturated rings. The van der Waals surface area contributed by atoms with Gasteiger partial charge in [-0.25, -0.2) is 4.98 Å². The highest BCUT2D eigenvalue weighted by atomic mass is 16.2. The summed E-state index contributed by atoms with van der Waals surface area (Å²) in [4.78, 5) is 19.4. The van der Waals surface area contributed by atoms with Crippen molar-refractivity contribution in [3.8, 4) is 0 Å². The number of amides is 1. The molecule has 1 heterocycles. The Morgan fingerprint density at radius 2 is 2.28 bits per heavy atom. The van der Waals surface area contributed by atoms with Gasteiger partial charge in [0.2, 0.25) is 5.91 Å². The van der Waals surface area contributed by atoms with Gasteiger partial charge in [-0.2, -0.15) is 0 Å². The highest BCUT2D eigenvalue weighted by Gasteiger charge is 2.39. The maximum Gasteiger partial charge on any atom is 0.227 e. The number of hydrogen-bond acceptors (Lipinski definition) is 3. The monoisotopic (exact) mass is 250 g/mol. The summed E-state index contributed by atoms with van der Waals surface area (Å²) in [5.74, 6) is 1.11. The number of rotatable bonds is 6. The van der Waals surface area contributed by atoms with Gasteiger partial charge in [0.05, 0.1) is 5.41 Å². The summed E-state index contributed by atoms with van der Waals surface area (Å²) in [5, 5.41) is 3.02. The number of aryl methyl sites for hydroxylation is 1. The lowest BCUT2D eigenvalue weighted by atomic mass is 9.85. The van der Waals surface area contributed by atoms with Gasteiger partial charge in [-0.3, -0.25) is 4.79 Å². The number of imidazole rings is 1. The van der Waals surface area contributed by atoms with Crippen molar-refractivity contribution in [1.29, 1.82) is 0 Å². The Labute approximate surface area is 108 Å². The molecule has 1 aromatic rings. The zero-order chi connectivity index (χ0) is 12.8. The van der Waals surface area contributed by atoms with Crippen molar-refractivity contribution in [2.75, 3.05) is 13.1 Å². The summed E-state index contributed by atoms with van der Waals surface area (Å²) in [5.41, 5.74) is 5.49. The number of nitrogens with one attached hydrogen (secondary N) is 2. The third kappa shape index (κ3) is 2.90. The first-order chi connectivity index (χ1) is 8.77. The molecule has 0 bridgehead atoms. The van der Waals surface area contributed by atoms with Crippen LogP contribution in [0.1, 0.15) is 37.9 Å². The molecular formula is C13H22N4O. The Morgan fingerprint density at radius 1 is 1.50 bits per heavy atom. The largest absolute Gasteiger partial charge is 0.356 e. The molecule has 0 aliphatic heterocycles. The van der Waals surface area contributed by atoms with Crippen LogP contribution in [0.25, 0.3) is 0 Å². The summed E-state index contributed by atoms with van der Waals surface area (Å²) in [6.07, 6.45) is 9.45. The van der Waals surface area contributed by atoms with Crippen LogP contribution in [0.5, 0.6) is 0 Å². The average Bonchev–Trinajstić information content (AvgIpc) is 3.05. The fraction of sp³-hybridized carbons (Fsp3) is 0.692. The molecule has 1 saturated carbocycles. The number of hydrogen-bond donors (Lipinski definition) is 3. The van der Waals surface area contributed by atoms with E-state index >= 15 is 0 Å². The molecule has 0 atom stereocenters. The van der Waals surface area contributed by atoms with E-state index in [0.29, 0.717) is 13.1 Å². The van der Waals surface area contributed by atoms with Gasteiger partial charge in [-0.1, -0.05) is 12.8 Å². The molecule has 1 aliphatic carbocycles. The van der Waals surface area contributed by atoms with Gasteiger partial charge in [-0.05, 0) is 19.3 Å². The average molecular weight is 250 g/mol. The van der Waals surface area contributed by atoms with Crippen molar-refractivity contribution >= 4 is 5.91 Å². The maximum absolute atomic E-state index is 12.1. The van der Waals surface area contributed by atoms with Gasteiger partial charge in [0, 0.05) is 31.9 Å². The van der Waals surface area contributed by atoms with Gasteiger partial charge in [0.15, 0.2) is 0 Å². The second-order valence-corrected chi connectivity index (χ2v) is 5.09. The molecule has 18 heavy (non-hydrogen) atoms. The third-order valence-electron chi connectivity index (χ3n) is 3.86. The molecular weight excluding hydrogens is 228 g/mol. The second-order valence-electron chi connectivity index (χ2n) is 5.09. The van der Waals surface area contributed by atoms with E-state index in [1.807, 2.05) is 6.20 Å². The minimum atomic E-state index is -0.287. The Kier molecular flexibility index (Phi) is 4.36. The van der Waals surface area contributed by atoms with E-state index in [0.717, 1.165) is 44.3 Å². The summed E-state index contributed by atoms with van der Waals surface area (Å²) in [6.45, 7) is 1.16. The molecule has 1 aliphatic rings. The molecule has 1 aromatic heterocycles. The minimum Gasteiger partial charge on any atom is -0.356 e. The standard InChI is InChI=1S/C13H22N4O/c14-10-13(5-1-2-6-13)12(18)17-7-3-4-11-15-8-9-16-11/h8-9H,1-7,10,14H2,(H,15,16)(H,17,18). The van der Waals surface area contributed by atoms with Crippen molar-refractivity contribution in [2.24, 2.45) is 11.1 Å². The first-order valence-corrected chi connectivity index (χ1v) is 6.73. The number of carbonyl (C=O) groups excluding carboxylic acids is 1. The first kappa shape index (κ1) is 13.1.